The van der Waals surface area contributed by atoms with Crippen molar-refractivity contribution >= 4 is 11.9 Å². The number of carbonyl (C=O) groups excluding carboxylic acids is 1. The van der Waals surface area contributed by atoms with Crippen molar-refractivity contribution in [2.24, 2.45) is 5.92 Å². The average molecular weight is 227 g/mol. The SMILES string of the molecule is CC(C)(NC(=O)CC1CCCCC1)C(=O)O. The van der Waals surface area contributed by atoms with Crippen LogP contribution in [0.5, 0.6) is 0 Å². The van der Waals surface area contributed by atoms with Gasteiger partial charge in [0.2, 0.25) is 5.91 Å². The van der Waals surface area contributed by atoms with Crippen LogP contribution in [0.15, 0.2) is 0 Å². The second-order valence-electron chi connectivity index (χ2n) is 5.19. The Kier molecular flexibility index (Phi) is 4.33. The molecule has 2 N–H and O–H groups in total. The minimum absolute atomic E-state index is 0.140. The minimum atomic E-state index is -1.16. The molecule has 0 unspecified atom stereocenters. The molecule has 0 aliphatic heterocycles. The maximum absolute atomic E-state index is 11.7. The Hall–Kier alpha value is -1.06. The van der Waals surface area contributed by atoms with Crippen molar-refractivity contribution in [3.8, 4) is 0 Å². The molecule has 0 aromatic heterocycles. The Morgan fingerprint density at radius 1 is 1.25 bits per heavy atom. The predicted octanol–water partition coefficient (Wildman–Crippen LogP) is 1.94. The van der Waals surface area contributed by atoms with Crippen molar-refractivity contribution in [2.75, 3.05) is 0 Å². The standard InChI is InChI=1S/C12H21NO3/c1-12(2,11(15)16)13-10(14)8-9-6-4-3-5-7-9/h9H,3-8H2,1-2H3,(H,13,14)(H,15,16). The number of amides is 1. The molecule has 1 amide bonds. The number of hydrogen-bond donors (Lipinski definition) is 2. The van der Waals surface area contributed by atoms with Gasteiger partial charge in [-0.1, -0.05) is 19.3 Å². The quantitative estimate of drug-likeness (QED) is 0.771. The van der Waals surface area contributed by atoms with E-state index >= 15 is 0 Å². The van der Waals surface area contributed by atoms with E-state index in [1.54, 1.807) is 0 Å². The summed E-state index contributed by atoms with van der Waals surface area (Å²) in [5, 5.41) is 11.4. The summed E-state index contributed by atoms with van der Waals surface area (Å²) in [4.78, 5) is 22.5. The Labute approximate surface area is 96.4 Å². The second kappa shape index (κ2) is 5.32. The molecule has 0 radical (unpaired) electrons. The van der Waals surface area contributed by atoms with Crippen molar-refractivity contribution in [1.82, 2.24) is 5.32 Å². The summed E-state index contributed by atoms with van der Waals surface area (Å²) >= 11 is 0. The molecule has 0 bridgehead atoms. The van der Waals surface area contributed by atoms with Crippen LogP contribution in [0.3, 0.4) is 0 Å². The lowest BCUT2D eigenvalue weighted by molar-refractivity contribution is -0.146. The highest BCUT2D eigenvalue weighted by atomic mass is 16.4. The molecule has 0 aromatic carbocycles. The summed E-state index contributed by atoms with van der Waals surface area (Å²) in [7, 11) is 0. The molecule has 1 aliphatic rings. The molecular formula is C12H21NO3. The molecule has 1 aliphatic carbocycles. The van der Waals surface area contributed by atoms with Gasteiger partial charge in [0.05, 0.1) is 0 Å². The first-order valence-corrected chi connectivity index (χ1v) is 5.96. The molecular weight excluding hydrogens is 206 g/mol. The monoisotopic (exact) mass is 227 g/mol. The lowest BCUT2D eigenvalue weighted by Crippen LogP contribution is -2.50. The molecule has 92 valence electrons. The number of nitrogens with one attached hydrogen (secondary N) is 1. The number of carboxylic acids is 1. The number of hydrogen-bond acceptors (Lipinski definition) is 2. The summed E-state index contributed by atoms with van der Waals surface area (Å²) in [6, 6.07) is 0. The van der Waals surface area contributed by atoms with Crippen LogP contribution < -0.4 is 5.32 Å². The molecule has 0 heterocycles. The fourth-order valence-electron chi connectivity index (χ4n) is 2.11. The van der Waals surface area contributed by atoms with Crippen LogP contribution in [-0.4, -0.2) is 22.5 Å². The molecule has 0 saturated heterocycles. The van der Waals surface area contributed by atoms with Gasteiger partial charge in [-0.15, -0.1) is 0 Å². The molecule has 16 heavy (non-hydrogen) atoms. The van der Waals surface area contributed by atoms with E-state index in [4.69, 9.17) is 5.11 Å². The van der Waals surface area contributed by atoms with Gasteiger partial charge in [-0.05, 0) is 32.6 Å². The molecule has 4 heteroatoms. The van der Waals surface area contributed by atoms with Crippen LogP contribution in [0, 0.1) is 5.92 Å². The number of rotatable bonds is 4. The van der Waals surface area contributed by atoms with E-state index in [-0.39, 0.29) is 5.91 Å². The van der Waals surface area contributed by atoms with Gasteiger partial charge in [0.25, 0.3) is 0 Å². The van der Waals surface area contributed by atoms with Crippen molar-refractivity contribution in [2.45, 2.75) is 57.9 Å². The third-order valence-electron chi connectivity index (χ3n) is 3.19. The zero-order valence-electron chi connectivity index (χ0n) is 10.1. The van der Waals surface area contributed by atoms with Gasteiger partial charge >= 0.3 is 5.97 Å². The fraction of sp³-hybridized carbons (Fsp3) is 0.833. The second-order valence-corrected chi connectivity index (χ2v) is 5.19. The van der Waals surface area contributed by atoms with Gasteiger partial charge in [-0.3, -0.25) is 4.79 Å². The van der Waals surface area contributed by atoms with Crippen molar-refractivity contribution in [3.05, 3.63) is 0 Å². The third-order valence-corrected chi connectivity index (χ3v) is 3.19. The Morgan fingerprint density at radius 3 is 2.31 bits per heavy atom. The summed E-state index contributed by atoms with van der Waals surface area (Å²) in [5.74, 6) is -0.692. The van der Waals surface area contributed by atoms with Crippen LogP contribution in [0.2, 0.25) is 0 Å². The molecule has 1 rings (SSSR count). The highest BCUT2D eigenvalue weighted by Crippen LogP contribution is 2.26. The predicted molar refractivity (Wildman–Crippen MR) is 61.0 cm³/mol. The van der Waals surface area contributed by atoms with Gasteiger partial charge in [-0.25, -0.2) is 4.79 Å². The Morgan fingerprint density at radius 2 is 1.81 bits per heavy atom. The Bertz CT molecular complexity index is 267. The fourth-order valence-corrected chi connectivity index (χ4v) is 2.11. The van der Waals surface area contributed by atoms with Gasteiger partial charge < -0.3 is 10.4 Å². The molecule has 0 aromatic rings. The van der Waals surface area contributed by atoms with Crippen molar-refractivity contribution < 1.29 is 14.7 Å². The average Bonchev–Trinajstić information content (AvgIpc) is 2.17. The highest BCUT2D eigenvalue weighted by molar-refractivity contribution is 5.86. The normalized spacial score (nSPS) is 18.1. The Balaban J connectivity index is 2.37. The topological polar surface area (TPSA) is 66.4 Å². The van der Waals surface area contributed by atoms with E-state index in [1.807, 2.05) is 0 Å². The molecule has 1 fully saturated rings. The minimum Gasteiger partial charge on any atom is -0.480 e. The third kappa shape index (κ3) is 3.83. The van der Waals surface area contributed by atoms with Gasteiger partial charge in [0.15, 0.2) is 0 Å². The maximum Gasteiger partial charge on any atom is 0.328 e. The van der Waals surface area contributed by atoms with Crippen molar-refractivity contribution in [1.29, 1.82) is 0 Å². The van der Waals surface area contributed by atoms with Crippen LogP contribution >= 0.6 is 0 Å². The molecule has 0 atom stereocenters. The zero-order valence-corrected chi connectivity index (χ0v) is 10.1. The smallest absolute Gasteiger partial charge is 0.328 e. The number of aliphatic carboxylic acids is 1. The van der Waals surface area contributed by atoms with Crippen LogP contribution in [-0.2, 0) is 9.59 Å². The van der Waals surface area contributed by atoms with E-state index in [0.717, 1.165) is 12.8 Å². The van der Waals surface area contributed by atoms with Gasteiger partial charge in [0.1, 0.15) is 5.54 Å². The summed E-state index contributed by atoms with van der Waals surface area (Å²) in [5.41, 5.74) is -1.16. The first-order chi connectivity index (χ1) is 7.42. The van der Waals surface area contributed by atoms with E-state index in [9.17, 15) is 9.59 Å². The number of carboxylic acid groups (broad SMARTS) is 1. The zero-order chi connectivity index (χ0) is 12.2. The van der Waals surface area contributed by atoms with Crippen LogP contribution in [0.1, 0.15) is 52.4 Å². The lowest BCUT2D eigenvalue weighted by atomic mass is 9.86. The van der Waals surface area contributed by atoms with E-state index in [1.165, 1.54) is 33.1 Å². The van der Waals surface area contributed by atoms with Gasteiger partial charge in [-0.2, -0.15) is 0 Å². The van der Waals surface area contributed by atoms with Gasteiger partial charge in [0, 0.05) is 6.42 Å². The first-order valence-electron chi connectivity index (χ1n) is 5.96. The van der Waals surface area contributed by atoms with Crippen LogP contribution in [0.25, 0.3) is 0 Å². The first kappa shape index (κ1) is 13.0. The molecule has 0 spiro atoms. The number of carbonyl (C=O) groups is 2. The summed E-state index contributed by atoms with van der Waals surface area (Å²) in [6.45, 7) is 3.02. The van der Waals surface area contributed by atoms with Crippen LogP contribution in [0.4, 0.5) is 0 Å². The maximum atomic E-state index is 11.7. The van der Waals surface area contributed by atoms with Crippen molar-refractivity contribution in [3.63, 3.8) is 0 Å². The molecule has 1 saturated carbocycles. The largest absolute Gasteiger partial charge is 0.480 e. The van der Waals surface area contributed by atoms with E-state index in [0.29, 0.717) is 12.3 Å². The summed E-state index contributed by atoms with van der Waals surface area (Å²) in [6.07, 6.45) is 6.32. The van der Waals surface area contributed by atoms with E-state index < -0.39 is 11.5 Å². The highest BCUT2D eigenvalue weighted by Gasteiger charge is 2.29. The molecule has 4 nitrogen and oxygen atoms in total. The lowest BCUT2D eigenvalue weighted by Gasteiger charge is -2.25. The summed E-state index contributed by atoms with van der Waals surface area (Å²) < 4.78 is 0. The van der Waals surface area contributed by atoms with E-state index in [2.05, 4.69) is 5.32 Å².